The van der Waals surface area contributed by atoms with Gasteiger partial charge in [0.2, 0.25) is 5.95 Å². The van der Waals surface area contributed by atoms with Gasteiger partial charge >= 0.3 is 0 Å². The predicted octanol–water partition coefficient (Wildman–Crippen LogP) is 5.63. The lowest BCUT2D eigenvalue weighted by Crippen LogP contribution is -2.35. The molecule has 1 fully saturated rings. The Bertz CT molecular complexity index is 1080. The fourth-order valence-electron chi connectivity index (χ4n) is 3.75. The smallest absolute Gasteiger partial charge is 0.201 e. The highest BCUT2D eigenvalue weighted by Gasteiger charge is 2.21. The summed E-state index contributed by atoms with van der Waals surface area (Å²) in [5, 5.41) is 15.4. The first-order valence-electron chi connectivity index (χ1n) is 9.62. The average Bonchev–Trinajstić information content (AvgIpc) is 2.71. The highest BCUT2D eigenvalue weighted by Crippen LogP contribution is 2.32. The molecule has 0 amide bonds. The number of aromatic nitrogens is 2. The van der Waals surface area contributed by atoms with Crippen LogP contribution in [0.25, 0.3) is 10.9 Å². The van der Waals surface area contributed by atoms with E-state index in [2.05, 4.69) is 20.2 Å². The monoisotopic (exact) mass is 448 g/mol. The van der Waals surface area contributed by atoms with Crippen LogP contribution in [0, 0.1) is 10.6 Å². The maximum absolute atomic E-state index is 10.2. The lowest BCUT2D eigenvalue weighted by atomic mass is 9.96. The minimum absolute atomic E-state index is 0.123. The molecule has 3 aromatic rings. The highest BCUT2D eigenvalue weighted by atomic mass is 35.5. The molecule has 2 aromatic carbocycles. The van der Waals surface area contributed by atoms with Crippen LogP contribution in [0.2, 0.25) is 10.0 Å². The number of aromatic hydroxyl groups is 1. The Morgan fingerprint density at radius 3 is 2.76 bits per heavy atom. The van der Waals surface area contributed by atoms with E-state index in [1.165, 1.54) is 0 Å². The van der Waals surface area contributed by atoms with Crippen LogP contribution in [0.4, 0.5) is 5.95 Å². The molecule has 1 aliphatic heterocycles. The van der Waals surface area contributed by atoms with Crippen LogP contribution in [0.3, 0.4) is 0 Å². The lowest BCUT2D eigenvalue weighted by molar-refractivity contribution is 0.181. The standard InChI is InChI=1S/C21H22Cl2N4OS/c22-15-9-14(19(28)17(23)10-15)12-27-7-5-13(6-8-27)11-24-21-25-18-4-2-1-3-16(18)20(29)26-21/h1-4,9-10,13,28H,5-8,11-12H2,(H2,24,25,26,29). The molecule has 2 heterocycles. The molecule has 5 nitrogen and oxygen atoms in total. The van der Waals surface area contributed by atoms with Gasteiger partial charge in [-0.2, -0.15) is 0 Å². The van der Waals surface area contributed by atoms with Crippen LogP contribution in [0.1, 0.15) is 18.4 Å². The summed E-state index contributed by atoms with van der Waals surface area (Å²) in [5.41, 5.74) is 1.76. The van der Waals surface area contributed by atoms with Gasteiger partial charge in [0.25, 0.3) is 0 Å². The Kier molecular flexibility index (Phi) is 6.25. The summed E-state index contributed by atoms with van der Waals surface area (Å²) in [7, 11) is 0. The van der Waals surface area contributed by atoms with Gasteiger partial charge in [-0.15, -0.1) is 0 Å². The van der Waals surface area contributed by atoms with E-state index in [4.69, 9.17) is 35.4 Å². The first-order chi connectivity index (χ1) is 14.0. The molecule has 0 bridgehead atoms. The second-order valence-electron chi connectivity index (χ2n) is 7.43. The molecule has 1 saturated heterocycles. The van der Waals surface area contributed by atoms with E-state index in [1.807, 2.05) is 24.3 Å². The van der Waals surface area contributed by atoms with Gasteiger partial charge < -0.3 is 15.4 Å². The van der Waals surface area contributed by atoms with Gasteiger partial charge in [0.15, 0.2) is 0 Å². The molecule has 1 aliphatic rings. The molecule has 1 aromatic heterocycles. The molecule has 3 N–H and O–H groups in total. The topological polar surface area (TPSA) is 64.2 Å². The summed E-state index contributed by atoms with van der Waals surface area (Å²) in [5.74, 6) is 1.39. The summed E-state index contributed by atoms with van der Waals surface area (Å²) in [6, 6.07) is 11.3. The number of nitrogens with one attached hydrogen (secondary N) is 2. The van der Waals surface area contributed by atoms with E-state index in [1.54, 1.807) is 12.1 Å². The molecular formula is C21H22Cl2N4OS. The van der Waals surface area contributed by atoms with Crippen LogP contribution in [-0.2, 0) is 6.54 Å². The van der Waals surface area contributed by atoms with Crippen molar-refractivity contribution in [3.05, 3.63) is 56.6 Å². The Balaban J connectivity index is 1.32. The van der Waals surface area contributed by atoms with Gasteiger partial charge in [-0.1, -0.05) is 47.6 Å². The van der Waals surface area contributed by atoms with Crippen molar-refractivity contribution in [2.45, 2.75) is 19.4 Å². The van der Waals surface area contributed by atoms with Crippen molar-refractivity contribution in [2.75, 3.05) is 25.0 Å². The molecule has 152 valence electrons. The molecule has 8 heteroatoms. The van der Waals surface area contributed by atoms with Gasteiger partial charge in [-0.05, 0) is 56.1 Å². The lowest BCUT2D eigenvalue weighted by Gasteiger charge is -2.32. The van der Waals surface area contributed by atoms with Gasteiger partial charge in [-0.25, -0.2) is 4.98 Å². The number of phenolic OH excluding ortho intramolecular Hbond substituents is 1. The Hall–Kier alpha value is -1.86. The number of hydrogen-bond acceptors (Lipinski definition) is 5. The van der Waals surface area contributed by atoms with Crippen molar-refractivity contribution in [3.8, 4) is 5.75 Å². The fraction of sp³-hybridized carbons (Fsp3) is 0.333. The molecule has 0 aliphatic carbocycles. The second kappa shape index (κ2) is 8.88. The number of para-hydroxylation sites is 1. The summed E-state index contributed by atoms with van der Waals surface area (Å²) >= 11 is 17.5. The number of benzene rings is 2. The number of fused-ring (bicyclic) bond motifs is 1. The SMILES string of the molecule is Oc1c(Cl)cc(Cl)cc1CN1CCC(CNc2nc(=S)c3ccccc3[nH]2)CC1. The number of H-pyrrole nitrogens is 1. The van der Waals surface area contributed by atoms with Gasteiger partial charge in [0, 0.05) is 29.1 Å². The molecule has 0 saturated carbocycles. The van der Waals surface area contributed by atoms with Gasteiger partial charge in [-0.3, -0.25) is 4.90 Å². The number of phenols is 1. The van der Waals surface area contributed by atoms with Crippen LogP contribution in [-0.4, -0.2) is 39.6 Å². The second-order valence-corrected chi connectivity index (χ2v) is 8.66. The third-order valence-electron chi connectivity index (χ3n) is 5.39. The van der Waals surface area contributed by atoms with Crippen LogP contribution >= 0.6 is 35.4 Å². The third-order valence-corrected chi connectivity index (χ3v) is 6.21. The number of likely N-dealkylation sites (tertiary alicyclic amines) is 1. The van der Waals surface area contributed by atoms with Crippen molar-refractivity contribution >= 4 is 52.3 Å². The zero-order valence-electron chi connectivity index (χ0n) is 15.8. The quantitative estimate of drug-likeness (QED) is 0.441. The van der Waals surface area contributed by atoms with Crippen molar-refractivity contribution in [1.29, 1.82) is 0 Å². The number of anilines is 1. The van der Waals surface area contributed by atoms with E-state index in [0.717, 1.165) is 54.9 Å². The van der Waals surface area contributed by atoms with Crippen LogP contribution in [0.5, 0.6) is 5.75 Å². The predicted molar refractivity (Wildman–Crippen MR) is 122 cm³/mol. The number of rotatable bonds is 5. The summed E-state index contributed by atoms with van der Waals surface area (Å²) in [6.07, 6.45) is 2.13. The maximum Gasteiger partial charge on any atom is 0.201 e. The number of hydrogen-bond donors (Lipinski definition) is 3. The number of piperidine rings is 1. The molecule has 0 spiro atoms. The molecule has 29 heavy (non-hydrogen) atoms. The number of aromatic amines is 1. The Labute approximate surface area is 184 Å². The number of nitrogens with zero attached hydrogens (tertiary/aromatic N) is 2. The van der Waals surface area contributed by atoms with E-state index in [-0.39, 0.29) is 5.75 Å². The van der Waals surface area contributed by atoms with Crippen molar-refractivity contribution < 1.29 is 5.11 Å². The first kappa shape index (κ1) is 20.4. The van der Waals surface area contributed by atoms with E-state index in [0.29, 0.717) is 27.1 Å². The Morgan fingerprint density at radius 1 is 1.21 bits per heavy atom. The van der Waals surface area contributed by atoms with Crippen molar-refractivity contribution in [2.24, 2.45) is 5.92 Å². The normalized spacial score (nSPS) is 15.7. The molecule has 4 rings (SSSR count). The zero-order chi connectivity index (χ0) is 20.4. The van der Waals surface area contributed by atoms with Crippen LogP contribution < -0.4 is 5.32 Å². The first-order valence-corrected chi connectivity index (χ1v) is 10.8. The summed E-state index contributed by atoms with van der Waals surface area (Å²) < 4.78 is 0.608. The fourth-order valence-corrected chi connectivity index (χ4v) is 4.55. The zero-order valence-corrected chi connectivity index (χ0v) is 18.1. The molecule has 0 unspecified atom stereocenters. The van der Waals surface area contributed by atoms with Crippen molar-refractivity contribution in [1.82, 2.24) is 14.9 Å². The highest BCUT2D eigenvalue weighted by molar-refractivity contribution is 7.71. The minimum Gasteiger partial charge on any atom is -0.506 e. The third kappa shape index (κ3) is 4.83. The summed E-state index contributed by atoms with van der Waals surface area (Å²) in [6.45, 7) is 3.40. The molecule has 0 atom stereocenters. The van der Waals surface area contributed by atoms with E-state index >= 15 is 0 Å². The van der Waals surface area contributed by atoms with E-state index in [9.17, 15) is 5.11 Å². The maximum atomic E-state index is 10.2. The molecule has 0 radical (unpaired) electrons. The largest absolute Gasteiger partial charge is 0.506 e. The minimum atomic E-state index is 0.123. The van der Waals surface area contributed by atoms with E-state index < -0.39 is 0 Å². The van der Waals surface area contributed by atoms with Crippen LogP contribution in [0.15, 0.2) is 36.4 Å². The van der Waals surface area contributed by atoms with Gasteiger partial charge in [0.1, 0.15) is 10.4 Å². The van der Waals surface area contributed by atoms with Gasteiger partial charge in [0.05, 0.1) is 10.5 Å². The Morgan fingerprint density at radius 2 is 1.97 bits per heavy atom. The molecular weight excluding hydrogens is 427 g/mol. The average molecular weight is 449 g/mol. The van der Waals surface area contributed by atoms with Crippen molar-refractivity contribution in [3.63, 3.8) is 0 Å². The number of halogens is 2. The summed E-state index contributed by atoms with van der Waals surface area (Å²) in [4.78, 5) is 10.1.